The second kappa shape index (κ2) is 5.68. The molecule has 1 amide bonds. The zero-order valence-corrected chi connectivity index (χ0v) is 13.1. The van der Waals surface area contributed by atoms with Crippen LogP contribution in [-0.2, 0) is 11.2 Å². The van der Waals surface area contributed by atoms with Crippen molar-refractivity contribution in [1.29, 1.82) is 0 Å². The number of likely N-dealkylation sites (tertiary alicyclic amines) is 1. The number of hydrogen-bond acceptors (Lipinski definition) is 5. The molecule has 1 aromatic heterocycles. The SMILES string of the molecule is CC(=O)N1CCC[C@@H](c2nc(-c3ccc4c(c3)CCO4)no2)C1. The number of benzene rings is 1. The number of piperidine rings is 1. The van der Waals surface area contributed by atoms with Gasteiger partial charge >= 0.3 is 0 Å². The Hall–Kier alpha value is -2.37. The minimum absolute atomic E-state index is 0.105. The number of aromatic nitrogens is 2. The molecule has 6 nitrogen and oxygen atoms in total. The highest BCUT2D eigenvalue weighted by Gasteiger charge is 2.27. The molecule has 1 aromatic carbocycles. The summed E-state index contributed by atoms with van der Waals surface area (Å²) in [5.41, 5.74) is 2.14. The molecule has 6 heteroatoms. The maximum atomic E-state index is 11.6. The highest BCUT2D eigenvalue weighted by atomic mass is 16.5. The van der Waals surface area contributed by atoms with Gasteiger partial charge in [-0.15, -0.1) is 0 Å². The summed E-state index contributed by atoms with van der Waals surface area (Å²) in [7, 11) is 0. The van der Waals surface area contributed by atoms with E-state index in [9.17, 15) is 4.79 Å². The number of carbonyl (C=O) groups excluding carboxylic acids is 1. The van der Waals surface area contributed by atoms with Crippen LogP contribution in [0.4, 0.5) is 0 Å². The molecule has 2 aliphatic rings. The molecule has 0 unspecified atom stereocenters. The monoisotopic (exact) mass is 313 g/mol. The van der Waals surface area contributed by atoms with Gasteiger partial charge in [0.1, 0.15) is 5.75 Å². The Balaban J connectivity index is 1.56. The van der Waals surface area contributed by atoms with Gasteiger partial charge in [-0.1, -0.05) is 5.16 Å². The number of ether oxygens (including phenoxy) is 1. The van der Waals surface area contributed by atoms with Gasteiger partial charge in [0.05, 0.1) is 12.5 Å². The fraction of sp³-hybridized carbons (Fsp3) is 0.471. The lowest BCUT2D eigenvalue weighted by Gasteiger charge is -2.29. The fourth-order valence-electron chi connectivity index (χ4n) is 3.31. The fourth-order valence-corrected chi connectivity index (χ4v) is 3.31. The normalized spacial score (nSPS) is 20.2. The summed E-state index contributed by atoms with van der Waals surface area (Å²) < 4.78 is 11.0. The third-order valence-corrected chi connectivity index (χ3v) is 4.61. The van der Waals surface area contributed by atoms with Crippen molar-refractivity contribution in [3.05, 3.63) is 29.7 Å². The minimum Gasteiger partial charge on any atom is -0.493 e. The molecule has 0 aliphatic carbocycles. The molecule has 23 heavy (non-hydrogen) atoms. The number of rotatable bonds is 2. The maximum absolute atomic E-state index is 11.6. The molecule has 4 rings (SSSR count). The first-order chi connectivity index (χ1) is 11.2. The van der Waals surface area contributed by atoms with E-state index in [-0.39, 0.29) is 11.8 Å². The lowest BCUT2D eigenvalue weighted by atomic mass is 9.98. The van der Waals surface area contributed by atoms with Gasteiger partial charge in [0.25, 0.3) is 0 Å². The van der Waals surface area contributed by atoms with Gasteiger partial charge in [0, 0.05) is 32.0 Å². The summed E-state index contributed by atoms with van der Waals surface area (Å²) in [6.07, 6.45) is 2.87. The number of amides is 1. The van der Waals surface area contributed by atoms with Gasteiger partial charge in [0.2, 0.25) is 17.6 Å². The third-order valence-electron chi connectivity index (χ3n) is 4.61. The van der Waals surface area contributed by atoms with Crippen LogP contribution in [0.25, 0.3) is 11.4 Å². The Morgan fingerprint density at radius 3 is 3.17 bits per heavy atom. The van der Waals surface area contributed by atoms with Gasteiger partial charge in [-0.05, 0) is 36.6 Å². The molecule has 0 radical (unpaired) electrons. The van der Waals surface area contributed by atoms with Gasteiger partial charge in [-0.2, -0.15) is 4.98 Å². The minimum atomic E-state index is 0.105. The van der Waals surface area contributed by atoms with Gasteiger partial charge in [0.15, 0.2) is 0 Å². The molecule has 0 bridgehead atoms. The van der Waals surface area contributed by atoms with Crippen LogP contribution in [0, 0.1) is 0 Å². The van der Waals surface area contributed by atoms with E-state index in [1.54, 1.807) is 6.92 Å². The van der Waals surface area contributed by atoms with E-state index >= 15 is 0 Å². The van der Waals surface area contributed by atoms with Crippen LogP contribution in [0.2, 0.25) is 0 Å². The lowest BCUT2D eigenvalue weighted by Crippen LogP contribution is -2.37. The van der Waals surface area contributed by atoms with Crippen molar-refractivity contribution in [2.24, 2.45) is 0 Å². The molecular formula is C17H19N3O3. The third kappa shape index (κ3) is 2.69. The van der Waals surface area contributed by atoms with Crippen LogP contribution < -0.4 is 4.74 Å². The average molecular weight is 313 g/mol. The van der Waals surface area contributed by atoms with Crippen LogP contribution in [0.1, 0.15) is 37.1 Å². The number of nitrogens with zero attached hydrogens (tertiary/aromatic N) is 3. The summed E-state index contributed by atoms with van der Waals surface area (Å²) in [6, 6.07) is 5.99. The zero-order chi connectivity index (χ0) is 15.8. The van der Waals surface area contributed by atoms with E-state index in [0.717, 1.165) is 43.7 Å². The van der Waals surface area contributed by atoms with Crippen molar-refractivity contribution < 1.29 is 14.1 Å². The first kappa shape index (κ1) is 14.2. The van der Waals surface area contributed by atoms with Crippen molar-refractivity contribution in [3.63, 3.8) is 0 Å². The topological polar surface area (TPSA) is 68.5 Å². The molecule has 1 fully saturated rings. The molecule has 1 atom stereocenters. The Morgan fingerprint density at radius 1 is 1.39 bits per heavy atom. The van der Waals surface area contributed by atoms with E-state index in [1.807, 2.05) is 17.0 Å². The van der Waals surface area contributed by atoms with Gasteiger partial charge in [-0.25, -0.2) is 0 Å². The van der Waals surface area contributed by atoms with Crippen molar-refractivity contribution >= 4 is 5.91 Å². The predicted octanol–water partition coefficient (Wildman–Crippen LogP) is 2.40. The molecule has 0 saturated carbocycles. The first-order valence-electron chi connectivity index (χ1n) is 8.06. The molecule has 120 valence electrons. The number of fused-ring (bicyclic) bond motifs is 1. The number of hydrogen-bond donors (Lipinski definition) is 0. The van der Waals surface area contributed by atoms with Crippen molar-refractivity contribution in [2.45, 2.75) is 32.1 Å². The zero-order valence-electron chi connectivity index (χ0n) is 13.1. The maximum Gasteiger partial charge on any atom is 0.231 e. The van der Waals surface area contributed by atoms with Crippen molar-refractivity contribution in [2.75, 3.05) is 19.7 Å². The van der Waals surface area contributed by atoms with Crippen LogP contribution in [0.5, 0.6) is 5.75 Å². The quantitative estimate of drug-likeness (QED) is 0.851. The van der Waals surface area contributed by atoms with E-state index in [2.05, 4.69) is 16.2 Å². The smallest absolute Gasteiger partial charge is 0.231 e. The molecule has 1 saturated heterocycles. The summed E-state index contributed by atoms with van der Waals surface area (Å²) in [6.45, 7) is 3.82. The van der Waals surface area contributed by atoms with Crippen LogP contribution in [0.3, 0.4) is 0 Å². The molecule has 2 aromatic rings. The number of carbonyl (C=O) groups is 1. The summed E-state index contributed by atoms with van der Waals surface area (Å²) in [5.74, 6) is 2.42. The molecule has 2 aliphatic heterocycles. The largest absolute Gasteiger partial charge is 0.493 e. The Kier molecular flexibility index (Phi) is 3.52. The molecular weight excluding hydrogens is 294 g/mol. The molecule has 3 heterocycles. The van der Waals surface area contributed by atoms with Crippen molar-refractivity contribution in [3.8, 4) is 17.1 Å². The van der Waals surface area contributed by atoms with E-state index in [0.29, 0.717) is 18.3 Å². The standard InChI is InChI=1S/C17H19N3O3/c1-11(21)20-7-2-3-14(10-20)17-18-16(19-23-17)13-4-5-15-12(9-13)6-8-22-15/h4-5,9,14H,2-3,6-8,10H2,1H3/t14-/m1/s1. The highest BCUT2D eigenvalue weighted by Crippen LogP contribution is 2.31. The van der Waals surface area contributed by atoms with E-state index in [4.69, 9.17) is 9.26 Å². The molecule has 0 spiro atoms. The Bertz CT molecular complexity index is 740. The first-order valence-corrected chi connectivity index (χ1v) is 8.06. The van der Waals surface area contributed by atoms with Crippen LogP contribution in [-0.4, -0.2) is 40.6 Å². The second-order valence-electron chi connectivity index (χ2n) is 6.18. The summed E-state index contributed by atoms with van der Waals surface area (Å²) in [5, 5.41) is 4.13. The van der Waals surface area contributed by atoms with Crippen molar-refractivity contribution in [1.82, 2.24) is 15.0 Å². The van der Waals surface area contributed by atoms with Gasteiger partial charge < -0.3 is 14.2 Å². The summed E-state index contributed by atoms with van der Waals surface area (Å²) in [4.78, 5) is 18.0. The highest BCUT2D eigenvalue weighted by molar-refractivity contribution is 5.73. The molecule has 0 N–H and O–H groups in total. The predicted molar refractivity (Wildman–Crippen MR) is 83.2 cm³/mol. The van der Waals surface area contributed by atoms with E-state index < -0.39 is 0 Å². The second-order valence-corrected chi connectivity index (χ2v) is 6.18. The van der Waals surface area contributed by atoms with E-state index in [1.165, 1.54) is 5.56 Å². The Morgan fingerprint density at radius 2 is 2.30 bits per heavy atom. The van der Waals surface area contributed by atoms with Crippen LogP contribution in [0.15, 0.2) is 22.7 Å². The van der Waals surface area contributed by atoms with Gasteiger partial charge in [-0.3, -0.25) is 4.79 Å². The summed E-state index contributed by atoms with van der Waals surface area (Å²) >= 11 is 0. The average Bonchev–Trinajstić information content (AvgIpc) is 3.23. The van der Waals surface area contributed by atoms with Crippen LogP contribution >= 0.6 is 0 Å². The lowest BCUT2D eigenvalue weighted by molar-refractivity contribution is -0.130. The Labute approximate surface area is 134 Å².